The maximum Gasteiger partial charge on any atom is 0.119 e. The van der Waals surface area contributed by atoms with Gasteiger partial charge in [-0.3, -0.25) is 4.98 Å². The van der Waals surface area contributed by atoms with E-state index in [1.807, 2.05) is 48.5 Å². The lowest BCUT2D eigenvalue weighted by atomic mass is 10.2. The highest BCUT2D eigenvalue weighted by molar-refractivity contribution is 6.31. The molecule has 0 radical (unpaired) electrons. The summed E-state index contributed by atoms with van der Waals surface area (Å²) >= 11 is 6.06. The van der Waals surface area contributed by atoms with E-state index < -0.39 is 0 Å². The molecule has 3 rings (SSSR count). The van der Waals surface area contributed by atoms with Gasteiger partial charge in [-0.2, -0.15) is 0 Å². The van der Waals surface area contributed by atoms with Crippen LogP contribution in [-0.4, -0.2) is 12.1 Å². The van der Waals surface area contributed by atoms with Crippen molar-refractivity contribution in [1.82, 2.24) is 4.98 Å². The van der Waals surface area contributed by atoms with Crippen LogP contribution in [0.4, 0.5) is 11.4 Å². The second kappa shape index (κ2) is 5.39. The number of benzene rings is 2. The molecule has 0 atom stereocenters. The summed E-state index contributed by atoms with van der Waals surface area (Å²) in [7, 11) is 1.65. The Hall–Kier alpha value is -2.26. The van der Waals surface area contributed by atoms with Gasteiger partial charge in [0.2, 0.25) is 0 Å². The number of aromatic nitrogens is 1. The van der Waals surface area contributed by atoms with Gasteiger partial charge < -0.3 is 10.1 Å². The van der Waals surface area contributed by atoms with E-state index in [0.717, 1.165) is 28.0 Å². The Balaban J connectivity index is 1.99. The number of hydrogen-bond donors (Lipinski definition) is 1. The van der Waals surface area contributed by atoms with Crippen LogP contribution in [0, 0.1) is 0 Å². The number of ether oxygens (including phenoxy) is 1. The van der Waals surface area contributed by atoms with Crippen LogP contribution in [0.15, 0.2) is 54.7 Å². The van der Waals surface area contributed by atoms with Gasteiger partial charge in [0.05, 0.1) is 12.6 Å². The van der Waals surface area contributed by atoms with Gasteiger partial charge in [-0.25, -0.2) is 0 Å². The molecule has 100 valence electrons. The van der Waals surface area contributed by atoms with Gasteiger partial charge in [-0.05, 0) is 48.5 Å². The Morgan fingerprint density at radius 1 is 1.05 bits per heavy atom. The Morgan fingerprint density at radius 3 is 2.60 bits per heavy atom. The van der Waals surface area contributed by atoms with E-state index in [-0.39, 0.29) is 0 Å². The van der Waals surface area contributed by atoms with Crippen molar-refractivity contribution in [3.8, 4) is 5.75 Å². The number of halogens is 1. The summed E-state index contributed by atoms with van der Waals surface area (Å²) in [5.74, 6) is 0.832. The Bertz CT molecular complexity index is 741. The van der Waals surface area contributed by atoms with Crippen molar-refractivity contribution in [2.45, 2.75) is 0 Å². The maximum atomic E-state index is 6.06. The Kier molecular flexibility index (Phi) is 3.44. The average Bonchev–Trinajstić information content (AvgIpc) is 2.49. The molecule has 0 aliphatic carbocycles. The number of anilines is 2. The van der Waals surface area contributed by atoms with Crippen LogP contribution in [0.1, 0.15) is 0 Å². The van der Waals surface area contributed by atoms with Crippen molar-refractivity contribution < 1.29 is 4.74 Å². The molecule has 0 saturated heterocycles. The first-order valence-corrected chi connectivity index (χ1v) is 6.59. The third kappa shape index (κ3) is 2.53. The lowest BCUT2D eigenvalue weighted by Crippen LogP contribution is -1.93. The van der Waals surface area contributed by atoms with E-state index in [9.17, 15) is 0 Å². The van der Waals surface area contributed by atoms with Crippen molar-refractivity contribution in [3.63, 3.8) is 0 Å². The third-order valence-electron chi connectivity index (χ3n) is 3.07. The topological polar surface area (TPSA) is 34.1 Å². The molecule has 0 fully saturated rings. The lowest BCUT2D eigenvalue weighted by molar-refractivity contribution is 0.415. The molecule has 1 aromatic heterocycles. The fourth-order valence-corrected chi connectivity index (χ4v) is 2.23. The van der Waals surface area contributed by atoms with Gasteiger partial charge in [-0.15, -0.1) is 0 Å². The predicted molar refractivity (Wildman–Crippen MR) is 83.0 cm³/mol. The van der Waals surface area contributed by atoms with Crippen LogP contribution in [0.5, 0.6) is 5.75 Å². The third-order valence-corrected chi connectivity index (χ3v) is 3.31. The first-order chi connectivity index (χ1) is 9.76. The second-order valence-electron chi connectivity index (χ2n) is 4.37. The van der Waals surface area contributed by atoms with Crippen molar-refractivity contribution in [2.75, 3.05) is 12.4 Å². The largest absolute Gasteiger partial charge is 0.497 e. The molecule has 0 amide bonds. The van der Waals surface area contributed by atoms with E-state index in [0.29, 0.717) is 5.02 Å². The molecule has 0 spiro atoms. The molecule has 1 N–H and O–H groups in total. The molecule has 0 aliphatic heterocycles. The standard InChI is InChI=1S/C16H13ClN2O/c1-20-13-5-3-12(4-6-13)19-16-8-9-18-15-7-2-11(17)10-14(15)16/h2-10H,1H3,(H,18,19). The quantitative estimate of drug-likeness (QED) is 0.761. The number of methoxy groups -OCH3 is 1. The average molecular weight is 285 g/mol. The van der Waals surface area contributed by atoms with Gasteiger partial charge in [0, 0.05) is 28.0 Å². The molecule has 3 nitrogen and oxygen atoms in total. The SMILES string of the molecule is COc1ccc(Nc2ccnc3ccc(Cl)cc23)cc1. The number of rotatable bonds is 3. The Morgan fingerprint density at radius 2 is 1.85 bits per heavy atom. The van der Waals surface area contributed by atoms with E-state index >= 15 is 0 Å². The fourth-order valence-electron chi connectivity index (χ4n) is 2.06. The zero-order valence-corrected chi connectivity index (χ0v) is 11.7. The van der Waals surface area contributed by atoms with E-state index in [1.165, 1.54) is 0 Å². The minimum atomic E-state index is 0.697. The molecular weight excluding hydrogens is 272 g/mol. The molecule has 2 aromatic carbocycles. The smallest absolute Gasteiger partial charge is 0.119 e. The van der Waals surface area contributed by atoms with E-state index in [1.54, 1.807) is 13.3 Å². The molecule has 4 heteroatoms. The molecule has 3 aromatic rings. The van der Waals surface area contributed by atoms with Crippen LogP contribution in [0.3, 0.4) is 0 Å². The van der Waals surface area contributed by atoms with Crippen LogP contribution < -0.4 is 10.1 Å². The minimum Gasteiger partial charge on any atom is -0.497 e. The molecule has 20 heavy (non-hydrogen) atoms. The first kappa shape index (κ1) is 12.8. The van der Waals surface area contributed by atoms with Gasteiger partial charge >= 0.3 is 0 Å². The monoisotopic (exact) mass is 284 g/mol. The Labute approximate surface area is 122 Å². The normalized spacial score (nSPS) is 10.5. The summed E-state index contributed by atoms with van der Waals surface area (Å²) in [4.78, 5) is 4.33. The zero-order chi connectivity index (χ0) is 13.9. The van der Waals surface area contributed by atoms with E-state index in [4.69, 9.17) is 16.3 Å². The summed E-state index contributed by atoms with van der Waals surface area (Å²) in [6.07, 6.45) is 1.78. The molecule has 0 aliphatic rings. The van der Waals surface area contributed by atoms with Crippen molar-refractivity contribution in [3.05, 3.63) is 59.8 Å². The zero-order valence-electron chi connectivity index (χ0n) is 10.9. The highest BCUT2D eigenvalue weighted by atomic mass is 35.5. The van der Waals surface area contributed by atoms with Crippen molar-refractivity contribution in [1.29, 1.82) is 0 Å². The van der Waals surface area contributed by atoms with Gasteiger partial charge in [0.15, 0.2) is 0 Å². The highest BCUT2D eigenvalue weighted by Crippen LogP contribution is 2.28. The summed E-state index contributed by atoms with van der Waals surface area (Å²) in [5, 5.41) is 5.06. The van der Waals surface area contributed by atoms with Crippen LogP contribution in [0.2, 0.25) is 5.02 Å². The van der Waals surface area contributed by atoms with Gasteiger partial charge in [-0.1, -0.05) is 11.6 Å². The van der Waals surface area contributed by atoms with Gasteiger partial charge in [0.25, 0.3) is 0 Å². The number of pyridine rings is 1. The molecule has 0 saturated carbocycles. The van der Waals surface area contributed by atoms with Crippen LogP contribution >= 0.6 is 11.6 Å². The predicted octanol–water partition coefficient (Wildman–Crippen LogP) is 4.64. The van der Waals surface area contributed by atoms with Crippen molar-refractivity contribution >= 4 is 33.9 Å². The first-order valence-electron chi connectivity index (χ1n) is 6.21. The lowest BCUT2D eigenvalue weighted by Gasteiger charge is -2.10. The van der Waals surface area contributed by atoms with E-state index in [2.05, 4.69) is 10.3 Å². The van der Waals surface area contributed by atoms with Crippen molar-refractivity contribution in [2.24, 2.45) is 0 Å². The second-order valence-corrected chi connectivity index (χ2v) is 4.81. The van der Waals surface area contributed by atoms with Crippen LogP contribution in [0.25, 0.3) is 10.9 Å². The maximum absolute atomic E-state index is 6.06. The molecule has 0 bridgehead atoms. The molecule has 0 unspecified atom stereocenters. The number of fused-ring (bicyclic) bond motifs is 1. The summed E-state index contributed by atoms with van der Waals surface area (Å²) in [6, 6.07) is 15.4. The number of nitrogens with one attached hydrogen (secondary N) is 1. The number of hydrogen-bond acceptors (Lipinski definition) is 3. The minimum absolute atomic E-state index is 0.697. The number of nitrogens with zero attached hydrogens (tertiary/aromatic N) is 1. The summed E-state index contributed by atoms with van der Waals surface area (Å²) in [6.45, 7) is 0. The summed E-state index contributed by atoms with van der Waals surface area (Å²) < 4.78 is 5.15. The fraction of sp³-hybridized carbons (Fsp3) is 0.0625. The molecule has 1 heterocycles. The van der Waals surface area contributed by atoms with Crippen LogP contribution in [-0.2, 0) is 0 Å². The molecular formula is C16H13ClN2O. The summed E-state index contributed by atoms with van der Waals surface area (Å²) in [5.41, 5.74) is 2.87. The highest BCUT2D eigenvalue weighted by Gasteiger charge is 2.03. The van der Waals surface area contributed by atoms with Gasteiger partial charge in [0.1, 0.15) is 5.75 Å².